The molecule has 0 aliphatic carbocycles. The monoisotopic (exact) mass is 222 g/mol. The highest BCUT2D eigenvalue weighted by molar-refractivity contribution is 4.51. The van der Waals surface area contributed by atoms with Gasteiger partial charge < -0.3 is 24.1 Å². The summed E-state index contributed by atoms with van der Waals surface area (Å²) in [4.78, 5) is 0. The molecule has 0 aliphatic heterocycles. The first kappa shape index (κ1) is 14.8. The van der Waals surface area contributed by atoms with E-state index < -0.39 is 6.10 Å². The van der Waals surface area contributed by atoms with Gasteiger partial charge in [0.25, 0.3) is 0 Å². The lowest BCUT2D eigenvalue weighted by molar-refractivity contribution is -0.0379. The Morgan fingerprint density at radius 2 is 1.47 bits per heavy atom. The van der Waals surface area contributed by atoms with E-state index in [4.69, 9.17) is 18.9 Å². The van der Waals surface area contributed by atoms with Gasteiger partial charge in [0.2, 0.25) is 0 Å². The van der Waals surface area contributed by atoms with Crippen LogP contribution in [0.25, 0.3) is 0 Å². The fourth-order valence-electron chi connectivity index (χ4n) is 0.891. The normalized spacial score (nSPS) is 13.0. The molecule has 0 aromatic rings. The Labute approximate surface area is 91.3 Å². The number of hydrogen-bond acceptors (Lipinski definition) is 5. The quantitative estimate of drug-likeness (QED) is 0.501. The van der Waals surface area contributed by atoms with Crippen molar-refractivity contribution in [2.45, 2.75) is 13.0 Å². The molecule has 92 valence electrons. The summed E-state index contributed by atoms with van der Waals surface area (Å²) in [6.07, 6.45) is -0.580. The number of hydrogen-bond donors (Lipinski definition) is 1. The van der Waals surface area contributed by atoms with Gasteiger partial charge in [-0.2, -0.15) is 0 Å². The van der Waals surface area contributed by atoms with Gasteiger partial charge in [0.15, 0.2) is 0 Å². The van der Waals surface area contributed by atoms with Crippen LogP contribution in [0.1, 0.15) is 6.92 Å². The molecule has 0 saturated carbocycles. The van der Waals surface area contributed by atoms with Crippen LogP contribution in [-0.2, 0) is 18.9 Å². The van der Waals surface area contributed by atoms with Gasteiger partial charge >= 0.3 is 0 Å². The summed E-state index contributed by atoms with van der Waals surface area (Å²) in [5, 5.41) is 9.37. The van der Waals surface area contributed by atoms with Crippen molar-refractivity contribution in [2.75, 3.05) is 53.4 Å². The first-order chi connectivity index (χ1) is 7.31. The molecule has 0 fully saturated rings. The summed E-state index contributed by atoms with van der Waals surface area (Å²) in [5.41, 5.74) is 0. The standard InChI is InChI=1S/C10H22O5/c1-3-13-6-7-15-9-10(11)8-14-5-4-12-2/h10-11H,3-9H2,1-2H3. The van der Waals surface area contributed by atoms with Gasteiger partial charge in [-0.25, -0.2) is 0 Å². The average molecular weight is 222 g/mol. The molecular formula is C10H22O5. The summed E-state index contributed by atoms with van der Waals surface area (Å²) in [6, 6.07) is 0. The Bertz CT molecular complexity index is 120. The van der Waals surface area contributed by atoms with Crippen molar-refractivity contribution in [1.82, 2.24) is 0 Å². The largest absolute Gasteiger partial charge is 0.388 e. The van der Waals surface area contributed by atoms with Gasteiger partial charge in [-0.05, 0) is 6.92 Å². The molecule has 0 spiro atoms. The number of rotatable bonds is 11. The summed E-state index contributed by atoms with van der Waals surface area (Å²) < 4.78 is 20.2. The average Bonchev–Trinajstić information content (AvgIpc) is 2.24. The van der Waals surface area contributed by atoms with Crippen LogP contribution in [0.3, 0.4) is 0 Å². The van der Waals surface area contributed by atoms with E-state index in [9.17, 15) is 5.11 Å². The SMILES string of the molecule is CCOCCOCC(O)COCCOC. The molecule has 5 nitrogen and oxygen atoms in total. The Morgan fingerprint density at radius 1 is 0.933 bits per heavy atom. The third-order valence-corrected chi connectivity index (χ3v) is 1.63. The number of ether oxygens (including phenoxy) is 4. The molecule has 0 aromatic carbocycles. The van der Waals surface area contributed by atoms with Crippen LogP contribution in [0.4, 0.5) is 0 Å². The van der Waals surface area contributed by atoms with E-state index in [0.717, 1.165) is 0 Å². The van der Waals surface area contributed by atoms with Crippen molar-refractivity contribution in [2.24, 2.45) is 0 Å². The third kappa shape index (κ3) is 11.7. The number of aliphatic hydroxyl groups is 1. The zero-order valence-corrected chi connectivity index (χ0v) is 9.61. The molecule has 1 atom stereocenters. The first-order valence-electron chi connectivity index (χ1n) is 5.21. The fraction of sp³-hybridized carbons (Fsp3) is 1.00. The van der Waals surface area contributed by atoms with E-state index in [0.29, 0.717) is 33.0 Å². The summed E-state index contributed by atoms with van der Waals surface area (Å²) in [6.45, 7) is 5.27. The third-order valence-electron chi connectivity index (χ3n) is 1.63. The van der Waals surface area contributed by atoms with E-state index in [1.54, 1.807) is 7.11 Å². The van der Waals surface area contributed by atoms with E-state index in [-0.39, 0.29) is 13.2 Å². The molecule has 0 saturated heterocycles. The van der Waals surface area contributed by atoms with Crippen LogP contribution in [-0.4, -0.2) is 64.6 Å². The Balaban J connectivity index is 3.08. The second kappa shape index (κ2) is 11.9. The van der Waals surface area contributed by atoms with Crippen molar-refractivity contribution in [3.63, 3.8) is 0 Å². The highest BCUT2D eigenvalue weighted by atomic mass is 16.5. The highest BCUT2D eigenvalue weighted by Gasteiger charge is 2.03. The molecule has 0 rings (SSSR count). The second-order valence-electron chi connectivity index (χ2n) is 2.99. The van der Waals surface area contributed by atoms with Crippen molar-refractivity contribution in [3.8, 4) is 0 Å². The van der Waals surface area contributed by atoms with E-state index in [1.807, 2.05) is 6.92 Å². The Morgan fingerprint density at radius 3 is 2.00 bits per heavy atom. The summed E-state index contributed by atoms with van der Waals surface area (Å²) in [5.74, 6) is 0. The number of methoxy groups -OCH3 is 1. The molecule has 15 heavy (non-hydrogen) atoms. The maximum atomic E-state index is 9.37. The maximum absolute atomic E-state index is 9.37. The molecule has 0 bridgehead atoms. The van der Waals surface area contributed by atoms with Crippen LogP contribution in [0.2, 0.25) is 0 Å². The van der Waals surface area contributed by atoms with Crippen molar-refractivity contribution in [3.05, 3.63) is 0 Å². The molecule has 0 aromatic heterocycles. The molecule has 0 amide bonds. The molecular weight excluding hydrogens is 200 g/mol. The molecule has 1 N–H and O–H groups in total. The van der Waals surface area contributed by atoms with Crippen LogP contribution in [0.15, 0.2) is 0 Å². The zero-order valence-electron chi connectivity index (χ0n) is 9.61. The summed E-state index contributed by atoms with van der Waals surface area (Å²) in [7, 11) is 1.61. The Hall–Kier alpha value is -0.200. The first-order valence-corrected chi connectivity index (χ1v) is 5.21. The number of aliphatic hydroxyl groups excluding tert-OH is 1. The van der Waals surface area contributed by atoms with E-state index in [2.05, 4.69) is 0 Å². The lowest BCUT2D eigenvalue weighted by Crippen LogP contribution is -2.23. The molecule has 0 aliphatic rings. The smallest absolute Gasteiger partial charge is 0.101 e. The molecule has 1 unspecified atom stereocenters. The molecule has 0 heterocycles. The van der Waals surface area contributed by atoms with E-state index >= 15 is 0 Å². The topological polar surface area (TPSA) is 57.2 Å². The van der Waals surface area contributed by atoms with Crippen molar-refractivity contribution < 1.29 is 24.1 Å². The minimum absolute atomic E-state index is 0.276. The van der Waals surface area contributed by atoms with Gasteiger partial charge in [-0.3, -0.25) is 0 Å². The van der Waals surface area contributed by atoms with Crippen LogP contribution >= 0.6 is 0 Å². The second-order valence-corrected chi connectivity index (χ2v) is 2.99. The molecule has 5 heteroatoms. The summed E-state index contributed by atoms with van der Waals surface area (Å²) >= 11 is 0. The van der Waals surface area contributed by atoms with E-state index in [1.165, 1.54) is 0 Å². The minimum atomic E-state index is -0.580. The lowest BCUT2D eigenvalue weighted by atomic mass is 10.4. The fourth-order valence-corrected chi connectivity index (χ4v) is 0.891. The van der Waals surface area contributed by atoms with Crippen molar-refractivity contribution >= 4 is 0 Å². The maximum Gasteiger partial charge on any atom is 0.101 e. The van der Waals surface area contributed by atoms with Gasteiger partial charge in [0, 0.05) is 13.7 Å². The highest BCUT2D eigenvalue weighted by Crippen LogP contribution is 1.88. The molecule has 0 radical (unpaired) electrons. The van der Waals surface area contributed by atoms with Crippen molar-refractivity contribution in [1.29, 1.82) is 0 Å². The van der Waals surface area contributed by atoms with Gasteiger partial charge in [-0.15, -0.1) is 0 Å². The van der Waals surface area contributed by atoms with Gasteiger partial charge in [-0.1, -0.05) is 0 Å². The predicted octanol–water partition coefficient (Wildman–Crippen LogP) is 0.0634. The predicted molar refractivity (Wildman–Crippen MR) is 56.0 cm³/mol. The lowest BCUT2D eigenvalue weighted by Gasteiger charge is -2.11. The Kier molecular flexibility index (Phi) is 11.7. The zero-order chi connectivity index (χ0) is 11.4. The minimum Gasteiger partial charge on any atom is -0.388 e. The van der Waals surface area contributed by atoms with Crippen LogP contribution in [0.5, 0.6) is 0 Å². The van der Waals surface area contributed by atoms with Crippen LogP contribution in [0, 0.1) is 0 Å². The van der Waals surface area contributed by atoms with Gasteiger partial charge in [0.1, 0.15) is 6.10 Å². The van der Waals surface area contributed by atoms with Gasteiger partial charge in [0.05, 0.1) is 39.6 Å². The van der Waals surface area contributed by atoms with Crippen LogP contribution < -0.4 is 0 Å².